The molecule has 3 nitrogen and oxygen atoms in total. The Morgan fingerprint density at radius 1 is 1.89 bits per heavy atom. The van der Waals surface area contributed by atoms with E-state index >= 15 is 0 Å². The molecule has 0 radical (unpaired) electrons. The van der Waals surface area contributed by atoms with Gasteiger partial charge in [0.2, 0.25) is 0 Å². The molecule has 1 aromatic rings. The predicted octanol–water partition coefficient (Wildman–Crippen LogP) is 0.681. The van der Waals surface area contributed by atoms with Gasteiger partial charge in [0.25, 0.3) is 5.03 Å². The Hall–Kier alpha value is -0.190. The average molecular weight is 165 g/mol. The molecule has 1 aromatic heterocycles. The number of nitrogens with zero attached hydrogens (tertiary/aromatic N) is 2. The summed E-state index contributed by atoms with van der Waals surface area (Å²) in [7, 11) is 5.49. The van der Waals surface area contributed by atoms with Gasteiger partial charge in [0, 0.05) is 19.3 Å². The summed E-state index contributed by atoms with van der Waals surface area (Å²) < 4.78 is 12.0. The van der Waals surface area contributed by atoms with Crippen LogP contribution >= 0.6 is 10.7 Å². The summed E-state index contributed by atoms with van der Waals surface area (Å²) in [6.45, 7) is 0. The molecule has 0 spiro atoms. The van der Waals surface area contributed by atoms with Gasteiger partial charge in [-0.3, -0.25) is 4.68 Å². The third-order valence-corrected chi connectivity index (χ3v) is 1.87. The van der Waals surface area contributed by atoms with Gasteiger partial charge in [0.05, 0.1) is 0 Å². The van der Waals surface area contributed by atoms with Crippen molar-refractivity contribution >= 4 is 21.1 Å². The van der Waals surface area contributed by atoms with Crippen LogP contribution in [-0.4, -0.2) is 14.3 Å². The molecule has 0 bridgehead atoms. The molecule has 0 saturated heterocycles. The zero-order chi connectivity index (χ0) is 6.85. The fourth-order valence-electron chi connectivity index (χ4n) is 0.479. The van der Waals surface area contributed by atoms with Gasteiger partial charge in [-0.05, 0) is 0 Å². The highest BCUT2D eigenvalue weighted by Gasteiger charge is 2.09. The Balaban J connectivity index is 2.85. The van der Waals surface area contributed by atoms with E-state index in [1.165, 1.54) is 0 Å². The van der Waals surface area contributed by atoms with E-state index in [1.54, 1.807) is 24.0 Å². The first-order chi connectivity index (χ1) is 4.20. The van der Waals surface area contributed by atoms with Crippen LogP contribution in [0.5, 0.6) is 0 Å². The zero-order valence-corrected chi connectivity index (χ0v) is 6.32. The molecule has 5 heteroatoms. The molecule has 9 heavy (non-hydrogen) atoms. The molecule has 0 saturated carbocycles. The summed E-state index contributed by atoms with van der Waals surface area (Å²) in [5.41, 5.74) is 0. The van der Waals surface area contributed by atoms with E-state index < -0.39 is 10.4 Å². The van der Waals surface area contributed by atoms with Gasteiger partial charge in [0.15, 0.2) is 10.7 Å². The van der Waals surface area contributed by atoms with Gasteiger partial charge in [-0.25, -0.2) is 0 Å². The lowest BCUT2D eigenvalue weighted by Gasteiger charge is -1.90. The van der Waals surface area contributed by atoms with Crippen LogP contribution < -0.4 is 0 Å². The Morgan fingerprint density at radius 3 is 2.78 bits per heavy atom. The zero-order valence-electron chi connectivity index (χ0n) is 4.74. The maximum Gasteiger partial charge on any atom is 0.282 e. The van der Waals surface area contributed by atoms with Crippen LogP contribution in [0.2, 0.25) is 0 Å². The molecule has 0 aliphatic heterocycles. The first-order valence-electron chi connectivity index (χ1n) is 2.28. The van der Waals surface area contributed by atoms with Crippen molar-refractivity contribution in [2.24, 2.45) is 7.05 Å². The van der Waals surface area contributed by atoms with Gasteiger partial charge in [0.1, 0.15) is 10.4 Å². The van der Waals surface area contributed by atoms with Crippen molar-refractivity contribution in [3.63, 3.8) is 0 Å². The second-order valence-electron chi connectivity index (χ2n) is 1.55. The van der Waals surface area contributed by atoms with Crippen LogP contribution in [0.4, 0.5) is 0 Å². The highest BCUT2D eigenvalue weighted by atomic mass is 35.7. The molecule has 1 heterocycles. The second-order valence-corrected chi connectivity index (χ2v) is 3.26. The van der Waals surface area contributed by atoms with Crippen LogP contribution in [-0.2, 0) is 17.4 Å². The van der Waals surface area contributed by atoms with Crippen LogP contribution in [0.1, 0.15) is 0 Å². The van der Waals surface area contributed by atoms with Crippen molar-refractivity contribution in [2.45, 2.75) is 5.03 Å². The normalized spacial score (nSPS) is 13.7. The summed E-state index contributed by atoms with van der Waals surface area (Å²) in [6, 6.07) is 1.61. The highest BCUT2D eigenvalue weighted by molar-refractivity contribution is 8.13. The smallest absolute Gasteiger partial charge is 0.282 e. The Kier molecular flexibility index (Phi) is 2.00. The second kappa shape index (κ2) is 2.60. The summed E-state index contributed by atoms with van der Waals surface area (Å²) in [5.74, 6) is 0. The van der Waals surface area contributed by atoms with Crippen molar-refractivity contribution < 1.29 is 4.55 Å². The van der Waals surface area contributed by atoms with E-state index in [-0.39, 0.29) is 0 Å². The van der Waals surface area contributed by atoms with E-state index in [0.717, 1.165) is 0 Å². The molecule has 0 aromatic carbocycles. The number of hydrogen-bond acceptors (Lipinski definition) is 2. The Morgan fingerprint density at radius 2 is 2.56 bits per heavy atom. The van der Waals surface area contributed by atoms with E-state index in [9.17, 15) is 4.55 Å². The van der Waals surface area contributed by atoms with E-state index in [1.807, 2.05) is 0 Å². The SMILES string of the molecule is Cn1ccc([S+]([O-])Cl)n1. The lowest BCUT2D eigenvalue weighted by Crippen LogP contribution is -1.94. The minimum Gasteiger partial charge on any atom is -0.593 e. The monoisotopic (exact) mass is 164 g/mol. The van der Waals surface area contributed by atoms with Crippen molar-refractivity contribution in [1.82, 2.24) is 9.78 Å². The quantitative estimate of drug-likeness (QED) is 0.573. The third-order valence-electron chi connectivity index (χ3n) is 0.854. The van der Waals surface area contributed by atoms with Gasteiger partial charge in [-0.1, -0.05) is 0 Å². The topological polar surface area (TPSA) is 40.9 Å². The maximum absolute atomic E-state index is 10.5. The molecule has 0 N–H and O–H groups in total. The van der Waals surface area contributed by atoms with Crippen molar-refractivity contribution in [3.8, 4) is 0 Å². The predicted molar refractivity (Wildman–Crippen MR) is 35.5 cm³/mol. The average Bonchev–Trinajstić information content (AvgIpc) is 2.14. The number of hydrogen-bond donors (Lipinski definition) is 0. The van der Waals surface area contributed by atoms with Crippen LogP contribution in [0.15, 0.2) is 17.3 Å². The lowest BCUT2D eigenvalue weighted by atomic mass is 10.7. The van der Waals surface area contributed by atoms with Gasteiger partial charge >= 0.3 is 0 Å². The molecule has 0 fully saturated rings. The first kappa shape index (κ1) is 6.92. The number of aromatic nitrogens is 2. The molecule has 0 amide bonds. The fourth-order valence-corrected chi connectivity index (χ4v) is 1.09. The molecule has 0 aliphatic carbocycles. The van der Waals surface area contributed by atoms with Crippen LogP contribution in [0.3, 0.4) is 0 Å². The highest BCUT2D eigenvalue weighted by Crippen LogP contribution is 2.09. The summed E-state index contributed by atoms with van der Waals surface area (Å²) in [6.07, 6.45) is 1.69. The minimum absolute atomic E-state index is 0.402. The molecule has 50 valence electrons. The number of halogens is 1. The molecule has 1 rings (SSSR count). The molecule has 0 aliphatic rings. The van der Waals surface area contributed by atoms with Crippen LogP contribution in [0, 0.1) is 0 Å². The molecular weight excluding hydrogens is 160 g/mol. The third kappa shape index (κ3) is 1.61. The van der Waals surface area contributed by atoms with E-state index in [2.05, 4.69) is 5.10 Å². The molecule has 1 unspecified atom stereocenters. The molecular formula is C4H5ClN2OS. The largest absolute Gasteiger partial charge is 0.593 e. The van der Waals surface area contributed by atoms with E-state index in [4.69, 9.17) is 10.7 Å². The number of rotatable bonds is 1. The summed E-state index contributed by atoms with van der Waals surface area (Å²) >= 11 is 0. The summed E-state index contributed by atoms with van der Waals surface area (Å²) in [5, 5.41) is 4.20. The van der Waals surface area contributed by atoms with Crippen LogP contribution in [0.25, 0.3) is 0 Å². The van der Waals surface area contributed by atoms with Crippen molar-refractivity contribution in [1.29, 1.82) is 0 Å². The van der Waals surface area contributed by atoms with E-state index in [0.29, 0.717) is 5.03 Å². The molecule has 1 atom stereocenters. The number of aryl methyl sites for hydroxylation is 1. The standard InChI is InChI=1S/C4H5ClN2OS/c1-7-3-2-4(6-7)9(5)8/h2-3H,1H3. The van der Waals surface area contributed by atoms with Gasteiger partial charge < -0.3 is 4.55 Å². The minimum atomic E-state index is -1.47. The first-order valence-corrected chi connectivity index (χ1v) is 4.25. The Labute approximate surface area is 60.3 Å². The lowest BCUT2D eigenvalue weighted by molar-refractivity contribution is 0.601. The maximum atomic E-state index is 10.5. The fraction of sp³-hybridized carbons (Fsp3) is 0.250. The van der Waals surface area contributed by atoms with Gasteiger partial charge in [-0.2, -0.15) is 0 Å². The Bertz CT molecular complexity index is 200. The van der Waals surface area contributed by atoms with Gasteiger partial charge in [-0.15, -0.1) is 5.10 Å². The summed E-state index contributed by atoms with van der Waals surface area (Å²) in [4.78, 5) is 0. The van der Waals surface area contributed by atoms with Crippen molar-refractivity contribution in [2.75, 3.05) is 0 Å². The van der Waals surface area contributed by atoms with Crippen molar-refractivity contribution in [3.05, 3.63) is 12.3 Å².